The summed E-state index contributed by atoms with van der Waals surface area (Å²) in [7, 11) is 0. The van der Waals surface area contributed by atoms with Gasteiger partial charge in [-0.25, -0.2) is 9.97 Å². The third kappa shape index (κ3) is 2.83. The molecule has 0 aliphatic rings. The Labute approximate surface area is 108 Å². The molecule has 0 aromatic carbocycles. The summed E-state index contributed by atoms with van der Waals surface area (Å²) in [6.45, 7) is 7.10. The molecule has 0 saturated carbocycles. The lowest BCUT2D eigenvalue weighted by atomic mass is 10.1. The molecule has 0 unspecified atom stereocenters. The van der Waals surface area contributed by atoms with E-state index in [2.05, 4.69) is 33.3 Å². The first kappa shape index (κ1) is 12.5. The molecule has 2 rings (SSSR count). The first-order valence-electron chi connectivity index (χ1n) is 6.21. The van der Waals surface area contributed by atoms with Crippen LogP contribution in [0.5, 0.6) is 0 Å². The van der Waals surface area contributed by atoms with Crippen molar-refractivity contribution in [1.29, 1.82) is 0 Å². The van der Waals surface area contributed by atoms with Crippen LogP contribution in [0.25, 0.3) is 11.5 Å². The van der Waals surface area contributed by atoms with Crippen LogP contribution in [0.1, 0.15) is 24.5 Å². The van der Waals surface area contributed by atoms with Crippen molar-refractivity contribution in [3.8, 4) is 11.5 Å². The van der Waals surface area contributed by atoms with Gasteiger partial charge >= 0.3 is 0 Å². The highest BCUT2D eigenvalue weighted by Crippen LogP contribution is 2.18. The SMILES string of the molecule is CCCNc1ccnc(-c2ncc(C)cc2C)n1. The minimum absolute atomic E-state index is 0.675. The zero-order chi connectivity index (χ0) is 13.0. The number of rotatable bonds is 4. The highest BCUT2D eigenvalue weighted by molar-refractivity contribution is 5.56. The fourth-order valence-electron chi connectivity index (χ4n) is 1.77. The molecule has 0 amide bonds. The Bertz CT molecular complexity index is 537. The highest BCUT2D eigenvalue weighted by Gasteiger charge is 2.07. The standard InChI is InChI=1S/C14H18N4/c1-4-6-15-12-5-7-16-14(18-12)13-11(3)8-10(2)9-17-13/h5,7-9H,4,6H2,1-3H3,(H,15,16,18). The van der Waals surface area contributed by atoms with E-state index in [9.17, 15) is 0 Å². The van der Waals surface area contributed by atoms with Crippen molar-refractivity contribution < 1.29 is 0 Å². The summed E-state index contributed by atoms with van der Waals surface area (Å²) in [6, 6.07) is 3.97. The molecule has 2 heterocycles. The quantitative estimate of drug-likeness (QED) is 0.895. The molecule has 0 aliphatic carbocycles. The topological polar surface area (TPSA) is 50.7 Å². The molecule has 0 spiro atoms. The van der Waals surface area contributed by atoms with E-state index in [0.717, 1.165) is 35.6 Å². The number of aryl methyl sites for hydroxylation is 2. The minimum atomic E-state index is 0.675. The molecule has 18 heavy (non-hydrogen) atoms. The van der Waals surface area contributed by atoms with Gasteiger partial charge in [-0.3, -0.25) is 4.98 Å². The van der Waals surface area contributed by atoms with Crippen molar-refractivity contribution in [1.82, 2.24) is 15.0 Å². The molecule has 0 atom stereocenters. The number of anilines is 1. The van der Waals surface area contributed by atoms with Gasteiger partial charge in [0.1, 0.15) is 11.5 Å². The molecule has 4 heteroatoms. The van der Waals surface area contributed by atoms with Gasteiger partial charge in [-0.1, -0.05) is 13.0 Å². The van der Waals surface area contributed by atoms with E-state index < -0.39 is 0 Å². The second-order valence-electron chi connectivity index (χ2n) is 4.37. The predicted octanol–water partition coefficient (Wildman–Crippen LogP) is 2.98. The number of nitrogens with one attached hydrogen (secondary N) is 1. The number of aromatic nitrogens is 3. The maximum absolute atomic E-state index is 4.49. The smallest absolute Gasteiger partial charge is 0.180 e. The van der Waals surface area contributed by atoms with E-state index in [1.165, 1.54) is 0 Å². The van der Waals surface area contributed by atoms with Gasteiger partial charge < -0.3 is 5.32 Å². The molecule has 0 aliphatic heterocycles. The maximum Gasteiger partial charge on any atom is 0.180 e. The zero-order valence-corrected chi connectivity index (χ0v) is 11.1. The molecular weight excluding hydrogens is 224 g/mol. The Hall–Kier alpha value is -1.97. The monoisotopic (exact) mass is 242 g/mol. The second-order valence-corrected chi connectivity index (χ2v) is 4.37. The molecule has 0 radical (unpaired) electrons. The van der Waals surface area contributed by atoms with Crippen LogP contribution in [0, 0.1) is 13.8 Å². The van der Waals surface area contributed by atoms with Crippen molar-refractivity contribution in [2.24, 2.45) is 0 Å². The van der Waals surface area contributed by atoms with Crippen LogP contribution in [0.3, 0.4) is 0 Å². The van der Waals surface area contributed by atoms with Crippen LogP contribution in [-0.4, -0.2) is 21.5 Å². The molecule has 2 aromatic rings. The fraction of sp³-hybridized carbons (Fsp3) is 0.357. The van der Waals surface area contributed by atoms with Crippen molar-refractivity contribution in [3.63, 3.8) is 0 Å². The Morgan fingerprint density at radius 2 is 2.06 bits per heavy atom. The molecule has 1 N–H and O–H groups in total. The van der Waals surface area contributed by atoms with E-state index >= 15 is 0 Å². The van der Waals surface area contributed by atoms with Gasteiger partial charge in [0.15, 0.2) is 5.82 Å². The van der Waals surface area contributed by atoms with Crippen LogP contribution in [0.4, 0.5) is 5.82 Å². The predicted molar refractivity (Wildman–Crippen MR) is 73.5 cm³/mol. The van der Waals surface area contributed by atoms with Crippen LogP contribution >= 0.6 is 0 Å². The summed E-state index contributed by atoms with van der Waals surface area (Å²) in [5, 5.41) is 3.26. The second kappa shape index (κ2) is 5.58. The van der Waals surface area contributed by atoms with Crippen LogP contribution in [-0.2, 0) is 0 Å². The summed E-state index contributed by atoms with van der Waals surface area (Å²) < 4.78 is 0. The van der Waals surface area contributed by atoms with Gasteiger partial charge in [0.2, 0.25) is 0 Å². The number of nitrogens with zero attached hydrogens (tertiary/aromatic N) is 3. The van der Waals surface area contributed by atoms with Crippen LogP contribution in [0.2, 0.25) is 0 Å². The Morgan fingerprint density at radius 1 is 1.22 bits per heavy atom. The van der Waals surface area contributed by atoms with Gasteiger partial charge in [0, 0.05) is 18.9 Å². The Kier molecular flexibility index (Phi) is 3.87. The third-order valence-electron chi connectivity index (χ3n) is 2.64. The van der Waals surface area contributed by atoms with Gasteiger partial charge in [0.25, 0.3) is 0 Å². The largest absolute Gasteiger partial charge is 0.370 e. The molecule has 4 nitrogen and oxygen atoms in total. The van der Waals surface area contributed by atoms with Crippen molar-refractivity contribution in [3.05, 3.63) is 35.7 Å². The molecule has 0 bridgehead atoms. The van der Waals surface area contributed by atoms with Crippen LogP contribution < -0.4 is 5.32 Å². The first-order chi connectivity index (χ1) is 8.70. The maximum atomic E-state index is 4.49. The molecule has 0 saturated heterocycles. The molecular formula is C14H18N4. The summed E-state index contributed by atoms with van der Waals surface area (Å²) >= 11 is 0. The molecule has 0 fully saturated rings. The lowest BCUT2D eigenvalue weighted by Gasteiger charge is -2.07. The van der Waals surface area contributed by atoms with Crippen molar-refractivity contribution >= 4 is 5.82 Å². The van der Waals surface area contributed by atoms with E-state index in [1.54, 1.807) is 6.20 Å². The number of hydrogen-bond acceptors (Lipinski definition) is 4. The van der Waals surface area contributed by atoms with Gasteiger partial charge in [0.05, 0.1) is 0 Å². The average molecular weight is 242 g/mol. The summed E-state index contributed by atoms with van der Waals surface area (Å²) in [5.74, 6) is 1.53. The summed E-state index contributed by atoms with van der Waals surface area (Å²) in [6.07, 6.45) is 4.68. The number of pyridine rings is 1. The fourth-order valence-corrected chi connectivity index (χ4v) is 1.77. The van der Waals surface area contributed by atoms with Crippen molar-refractivity contribution in [2.45, 2.75) is 27.2 Å². The van der Waals surface area contributed by atoms with E-state index in [0.29, 0.717) is 5.82 Å². The summed E-state index contributed by atoms with van der Waals surface area (Å²) in [4.78, 5) is 13.2. The molecule has 94 valence electrons. The van der Waals surface area contributed by atoms with E-state index in [-0.39, 0.29) is 0 Å². The third-order valence-corrected chi connectivity index (χ3v) is 2.64. The van der Waals surface area contributed by atoms with Gasteiger partial charge in [-0.05, 0) is 37.5 Å². The zero-order valence-electron chi connectivity index (χ0n) is 11.1. The van der Waals surface area contributed by atoms with E-state index in [1.807, 2.05) is 26.1 Å². The Morgan fingerprint density at radius 3 is 2.78 bits per heavy atom. The van der Waals surface area contributed by atoms with Crippen molar-refractivity contribution in [2.75, 3.05) is 11.9 Å². The number of hydrogen-bond donors (Lipinski definition) is 1. The van der Waals surface area contributed by atoms with Gasteiger partial charge in [-0.15, -0.1) is 0 Å². The van der Waals surface area contributed by atoms with E-state index in [4.69, 9.17) is 0 Å². The minimum Gasteiger partial charge on any atom is -0.370 e. The lowest BCUT2D eigenvalue weighted by molar-refractivity contribution is 0.964. The normalized spacial score (nSPS) is 10.4. The summed E-state index contributed by atoms with van der Waals surface area (Å²) in [5.41, 5.74) is 3.10. The average Bonchev–Trinajstić information content (AvgIpc) is 2.36. The lowest BCUT2D eigenvalue weighted by Crippen LogP contribution is -2.04. The molecule has 2 aromatic heterocycles. The highest BCUT2D eigenvalue weighted by atomic mass is 15.0. The van der Waals surface area contributed by atoms with Crippen LogP contribution in [0.15, 0.2) is 24.5 Å². The van der Waals surface area contributed by atoms with Gasteiger partial charge in [-0.2, -0.15) is 0 Å². The first-order valence-corrected chi connectivity index (χ1v) is 6.21. The Balaban J connectivity index is 2.32.